The van der Waals surface area contributed by atoms with Gasteiger partial charge in [0, 0.05) is 6.04 Å². The summed E-state index contributed by atoms with van der Waals surface area (Å²) in [6, 6.07) is -0.00830. The Morgan fingerprint density at radius 3 is 2.58 bits per heavy atom. The van der Waals surface area contributed by atoms with Crippen LogP contribution in [0, 0.1) is 10.1 Å². The van der Waals surface area contributed by atoms with Crippen LogP contribution < -0.4 is 11.1 Å². The third-order valence-corrected chi connectivity index (χ3v) is 3.70. The van der Waals surface area contributed by atoms with E-state index in [4.69, 9.17) is 5.73 Å². The van der Waals surface area contributed by atoms with E-state index in [0.717, 1.165) is 6.42 Å². The van der Waals surface area contributed by atoms with Gasteiger partial charge in [0.15, 0.2) is 0 Å². The molecule has 0 bridgehead atoms. The first-order valence-corrected chi connectivity index (χ1v) is 6.93. The van der Waals surface area contributed by atoms with Gasteiger partial charge in [-0.05, 0) is 32.1 Å². The number of hydrogen-bond donors (Lipinski definition) is 3. The lowest BCUT2D eigenvalue weighted by atomic mass is 9.93. The van der Waals surface area contributed by atoms with Crippen molar-refractivity contribution in [3.05, 3.63) is 10.1 Å². The second-order valence-corrected chi connectivity index (χ2v) is 5.75. The number of thiol groups is 1. The van der Waals surface area contributed by atoms with E-state index in [-0.39, 0.29) is 18.1 Å². The lowest BCUT2D eigenvalue weighted by molar-refractivity contribution is -0.769. The summed E-state index contributed by atoms with van der Waals surface area (Å²) in [6.07, 6.45) is 3.34. The van der Waals surface area contributed by atoms with Gasteiger partial charge in [-0.3, -0.25) is 4.79 Å². The number of carbonyl (C=O) groups is 1. The summed E-state index contributed by atoms with van der Waals surface area (Å²) >= 11 is 4.18. The Hall–Kier alpha value is -1.02. The molecule has 3 N–H and O–H groups in total. The molecule has 0 spiro atoms. The average Bonchev–Trinajstić information content (AvgIpc) is 2.30. The van der Waals surface area contributed by atoms with Crippen molar-refractivity contribution in [2.75, 3.05) is 0 Å². The van der Waals surface area contributed by atoms with Crippen molar-refractivity contribution >= 4 is 18.5 Å². The van der Waals surface area contributed by atoms with Gasteiger partial charge in [0.1, 0.15) is 11.0 Å². The minimum absolute atomic E-state index is 0.00830. The molecule has 1 aliphatic rings. The monoisotopic (exact) mass is 291 g/mol. The van der Waals surface area contributed by atoms with Crippen LogP contribution in [0.1, 0.15) is 45.4 Å². The normalized spacial score (nSPS) is 26.3. The number of rotatable bonds is 6. The topological polar surface area (TPSA) is 107 Å². The van der Waals surface area contributed by atoms with Gasteiger partial charge < -0.3 is 15.9 Å². The van der Waals surface area contributed by atoms with Gasteiger partial charge in [-0.15, -0.1) is 22.7 Å². The largest absolute Gasteiger partial charge is 0.351 e. The first-order chi connectivity index (χ1) is 8.85. The Kier molecular flexibility index (Phi) is 5.86. The van der Waals surface area contributed by atoms with Crippen molar-refractivity contribution in [2.24, 2.45) is 5.73 Å². The van der Waals surface area contributed by atoms with Gasteiger partial charge in [0.2, 0.25) is 5.91 Å². The highest BCUT2D eigenvalue weighted by Gasteiger charge is 2.32. The van der Waals surface area contributed by atoms with Crippen LogP contribution >= 0.6 is 12.6 Å². The van der Waals surface area contributed by atoms with Crippen LogP contribution in [-0.2, 0) is 9.63 Å². The fourth-order valence-corrected chi connectivity index (χ4v) is 2.53. The van der Waals surface area contributed by atoms with Crippen molar-refractivity contribution in [1.82, 2.24) is 5.32 Å². The molecular formula is C11H21N3O4S. The first kappa shape index (κ1) is 16.0. The molecule has 8 heteroatoms. The summed E-state index contributed by atoms with van der Waals surface area (Å²) in [5.41, 5.74) is 5.82. The van der Waals surface area contributed by atoms with E-state index in [1.165, 1.54) is 0 Å². The summed E-state index contributed by atoms with van der Waals surface area (Å²) in [6.45, 7) is 1.94. The zero-order valence-corrected chi connectivity index (χ0v) is 11.9. The van der Waals surface area contributed by atoms with Crippen LogP contribution in [0.3, 0.4) is 0 Å². The number of amides is 1. The summed E-state index contributed by atoms with van der Waals surface area (Å²) < 4.78 is 0. The number of nitrogens with one attached hydrogen (secondary N) is 1. The average molecular weight is 291 g/mol. The maximum Gasteiger partial charge on any atom is 0.294 e. The summed E-state index contributed by atoms with van der Waals surface area (Å²) in [4.78, 5) is 25.5. The van der Waals surface area contributed by atoms with Crippen molar-refractivity contribution in [1.29, 1.82) is 0 Å². The molecule has 1 rings (SSSR count). The smallest absolute Gasteiger partial charge is 0.294 e. The molecule has 0 radical (unpaired) electrons. The molecule has 19 heavy (non-hydrogen) atoms. The molecule has 1 fully saturated rings. The zero-order valence-electron chi connectivity index (χ0n) is 11.0. The highest BCUT2D eigenvalue weighted by atomic mass is 32.1. The molecule has 0 aromatic heterocycles. The van der Waals surface area contributed by atoms with E-state index in [1.54, 1.807) is 0 Å². The number of nitrogens with zero attached hydrogens (tertiary/aromatic N) is 1. The quantitative estimate of drug-likeness (QED) is 0.293. The fourth-order valence-electron chi connectivity index (χ4n) is 2.24. The molecule has 1 aliphatic carbocycles. The van der Waals surface area contributed by atoms with Crippen molar-refractivity contribution in [3.8, 4) is 0 Å². The lowest BCUT2D eigenvalue weighted by Gasteiger charge is -2.30. The standard InChI is InChI=1S/C11H21N3O4S/c1-2-7-11(12,19)10(15)13-8-3-5-9(6-4-8)18-14(16)17/h8-9,19H,2-7,12H2,1H3,(H,13,15). The second-order valence-electron chi connectivity index (χ2n) is 4.95. The van der Waals surface area contributed by atoms with Crippen LogP contribution in [-0.4, -0.2) is 28.0 Å². The summed E-state index contributed by atoms with van der Waals surface area (Å²) in [5, 5.41) is 12.3. The van der Waals surface area contributed by atoms with E-state index in [9.17, 15) is 14.9 Å². The Morgan fingerprint density at radius 1 is 1.53 bits per heavy atom. The van der Waals surface area contributed by atoms with Gasteiger partial charge in [0.05, 0.1) is 0 Å². The van der Waals surface area contributed by atoms with Crippen LogP contribution in [0.2, 0.25) is 0 Å². The molecular weight excluding hydrogens is 270 g/mol. The highest BCUT2D eigenvalue weighted by Crippen LogP contribution is 2.22. The zero-order chi connectivity index (χ0) is 14.5. The van der Waals surface area contributed by atoms with E-state index in [0.29, 0.717) is 32.1 Å². The third kappa shape index (κ3) is 5.23. The summed E-state index contributed by atoms with van der Waals surface area (Å²) in [5.74, 6) is -0.281. The Bertz CT molecular complexity index is 330. The van der Waals surface area contributed by atoms with Crippen LogP contribution in [0.25, 0.3) is 0 Å². The van der Waals surface area contributed by atoms with E-state index < -0.39 is 9.96 Å². The Labute approximate surface area is 117 Å². The molecule has 110 valence electrons. The molecule has 1 unspecified atom stereocenters. The predicted octanol–water partition coefficient (Wildman–Crippen LogP) is 1.01. The molecule has 1 amide bonds. The molecule has 1 saturated carbocycles. The van der Waals surface area contributed by atoms with Crippen LogP contribution in [0.15, 0.2) is 0 Å². The molecule has 0 aliphatic heterocycles. The molecule has 0 aromatic carbocycles. The number of carbonyl (C=O) groups excluding carboxylic acids is 1. The van der Waals surface area contributed by atoms with E-state index >= 15 is 0 Å². The maximum atomic E-state index is 11.9. The fraction of sp³-hybridized carbons (Fsp3) is 0.909. The lowest BCUT2D eigenvalue weighted by Crippen LogP contribution is -2.53. The molecule has 0 saturated heterocycles. The van der Waals surface area contributed by atoms with Gasteiger partial charge in [0.25, 0.3) is 5.09 Å². The minimum Gasteiger partial charge on any atom is -0.351 e. The molecule has 0 heterocycles. The van der Waals surface area contributed by atoms with Crippen molar-refractivity contribution in [2.45, 2.75) is 62.5 Å². The molecule has 7 nitrogen and oxygen atoms in total. The van der Waals surface area contributed by atoms with Gasteiger partial charge in [-0.1, -0.05) is 13.3 Å². The number of hydrogen-bond acceptors (Lipinski definition) is 6. The minimum atomic E-state index is -1.15. The third-order valence-electron chi connectivity index (χ3n) is 3.27. The second kappa shape index (κ2) is 6.95. The van der Waals surface area contributed by atoms with Crippen LogP contribution in [0.4, 0.5) is 0 Å². The first-order valence-electron chi connectivity index (χ1n) is 6.48. The highest BCUT2D eigenvalue weighted by molar-refractivity contribution is 7.82. The SMILES string of the molecule is CCCC(N)(S)C(=O)NC1CCC(O[N+](=O)[O-])CC1. The summed E-state index contributed by atoms with van der Waals surface area (Å²) in [7, 11) is 0. The van der Waals surface area contributed by atoms with Gasteiger partial charge in [-0.2, -0.15) is 0 Å². The van der Waals surface area contributed by atoms with Crippen molar-refractivity contribution in [3.63, 3.8) is 0 Å². The van der Waals surface area contributed by atoms with E-state index in [1.807, 2.05) is 6.92 Å². The maximum absolute atomic E-state index is 11.9. The van der Waals surface area contributed by atoms with Gasteiger partial charge >= 0.3 is 0 Å². The van der Waals surface area contributed by atoms with Gasteiger partial charge in [-0.25, -0.2) is 0 Å². The van der Waals surface area contributed by atoms with Crippen molar-refractivity contribution < 1.29 is 14.7 Å². The predicted molar refractivity (Wildman–Crippen MR) is 73.1 cm³/mol. The Morgan fingerprint density at radius 2 is 2.11 bits per heavy atom. The van der Waals surface area contributed by atoms with E-state index in [2.05, 4.69) is 22.8 Å². The molecule has 1 atom stereocenters. The Balaban J connectivity index is 2.36. The number of nitrogens with two attached hydrogens (primary N) is 1. The van der Waals surface area contributed by atoms with Crippen LogP contribution in [0.5, 0.6) is 0 Å². The molecule has 0 aromatic rings.